The Kier molecular flexibility index (Phi) is 7.85. The number of amides is 2. The lowest BCUT2D eigenvalue weighted by Crippen LogP contribution is -2.29. The molecule has 30 heavy (non-hydrogen) atoms. The average Bonchev–Trinajstić information content (AvgIpc) is 2.97. The van der Waals surface area contributed by atoms with E-state index >= 15 is 0 Å². The highest BCUT2D eigenvalue weighted by atomic mass is 35.5. The molecule has 2 amide bonds. The average molecular weight is 457 g/mol. The number of thiocarbonyl (C=S) groups is 1. The molecule has 1 aliphatic rings. The van der Waals surface area contributed by atoms with Crippen LogP contribution in [0.4, 0.5) is 5.69 Å². The van der Waals surface area contributed by atoms with Gasteiger partial charge in [0.15, 0.2) is 0 Å². The van der Waals surface area contributed by atoms with E-state index in [1.807, 2.05) is 55.5 Å². The molecule has 1 heterocycles. The fourth-order valence-corrected chi connectivity index (χ4v) is 4.47. The van der Waals surface area contributed by atoms with E-state index < -0.39 is 0 Å². The lowest BCUT2D eigenvalue weighted by molar-refractivity contribution is -0.122. The number of anilines is 1. The summed E-state index contributed by atoms with van der Waals surface area (Å²) in [6, 6.07) is 17.0. The number of allylic oxidation sites excluding steroid dienone is 2. The van der Waals surface area contributed by atoms with Crippen LogP contribution in [0.2, 0.25) is 5.02 Å². The second kappa shape index (κ2) is 10.6. The van der Waals surface area contributed by atoms with Crippen molar-refractivity contribution in [1.82, 2.24) is 4.90 Å². The molecule has 0 saturated carbocycles. The van der Waals surface area contributed by atoms with Crippen LogP contribution in [-0.2, 0) is 9.59 Å². The summed E-state index contributed by atoms with van der Waals surface area (Å²) in [6.07, 6.45) is 4.66. The topological polar surface area (TPSA) is 49.4 Å². The molecular weight excluding hydrogens is 436 g/mol. The minimum Gasteiger partial charge on any atom is -0.325 e. The molecule has 1 aliphatic heterocycles. The highest BCUT2D eigenvalue weighted by Crippen LogP contribution is 2.32. The van der Waals surface area contributed by atoms with Crippen molar-refractivity contribution in [2.45, 2.75) is 19.8 Å². The quantitative estimate of drug-likeness (QED) is 0.416. The molecule has 1 N–H and O–H groups in total. The number of carbonyl (C=O) groups excluding carboxylic acids is 2. The fraction of sp³-hybridized carbons (Fsp3) is 0.174. The summed E-state index contributed by atoms with van der Waals surface area (Å²) in [5.74, 6) is -0.261. The fourth-order valence-electron chi connectivity index (χ4n) is 2.93. The zero-order valence-electron chi connectivity index (χ0n) is 16.4. The minimum absolute atomic E-state index is 0.114. The first-order chi connectivity index (χ1) is 14.4. The Bertz CT molecular complexity index is 1020. The zero-order valence-corrected chi connectivity index (χ0v) is 18.8. The maximum atomic E-state index is 12.7. The molecule has 0 bridgehead atoms. The van der Waals surface area contributed by atoms with Gasteiger partial charge in [0.25, 0.3) is 5.91 Å². The smallest absolute Gasteiger partial charge is 0.266 e. The van der Waals surface area contributed by atoms with E-state index in [2.05, 4.69) is 5.32 Å². The SMILES string of the molecule is CC(=Cc1ccccc1)C=C1SC(=S)N(CCCC(=O)Nc2ccccc2Cl)C1=O. The maximum absolute atomic E-state index is 12.7. The van der Waals surface area contributed by atoms with Crippen molar-refractivity contribution in [3.63, 3.8) is 0 Å². The molecule has 2 aromatic rings. The van der Waals surface area contributed by atoms with Crippen LogP contribution in [0.3, 0.4) is 0 Å². The van der Waals surface area contributed by atoms with Crippen molar-refractivity contribution in [2.75, 3.05) is 11.9 Å². The number of benzene rings is 2. The molecule has 0 unspecified atom stereocenters. The number of hydrogen-bond donors (Lipinski definition) is 1. The maximum Gasteiger partial charge on any atom is 0.266 e. The van der Waals surface area contributed by atoms with Gasteiger partial charge in [-0.2, -0.15) is 0 Å². The monoisotopic (exact) mass is 456 g/mol. The molecule has 7 heteroatoms. The van der Waals surface area contributed by atoms with E-state index in [1.54, 1.807) is 23.1 Å². The van der Waals surface area contributed by atoms with Crippen LogP contribution in [0.15, 0.2) is 71.2 Å². The summed E-state index contributed by atoms with van der Waals surface area (Å²) in [6.45, 7) is 2.36. The van der Waals surface area contributed by atoms with E-state index in [0.717, 1.165) is 11.1 Å². The molecule has 1 fully saturated rings. The van der Waals surface area contributed by atoms with E-state index in [0.29, 0.717) is 32.9 Å². The van der Waals surface area contributed by atoms with Crippen molar-refractivity contribution >= 4 is 63.5 Å². The van der Waals surface area contributed by atoms with Crippen LogP contribution in [0, 0.1) is 0 Å². The Labute approximate surface area is 191 Å². The summed E-state index contributed by atoms with van der Waals surface area (Å²) in [4.78, 5) is 27.0. The first-order valence-corrected chi connectivity index (χ1v) is 11.1. The molecule has 2 aromatic carbocycles. The number of hydrogen-bond acceptors (Lipinski definition) is 4. The number of para-hydroxylation sites is 1. The predicted octanol–water partition coefficient (Wildman–Crippen LogP) is 5.91. The zero-order chi connectivity index (χ0) is 21.5. The number of halogens is 1. The third kappa shape index (κ3) is 6.05. The second-order valence-electron chi connectivity index (χ2n) is 6.76. The van der Waals surface area contributed by atoms with Gasteiger partial charge in [-0.3, -0.25) is 14.5 Å². The first-order valence-electron chi connectivity index (χ1n) is 9.47. The van der Waals surface area contributed by atoms with Crippen LogP contribution in [0.1, 0.15) is 25.3 Å². The van der Waals surface area contributed by atoms with Crippen molar-refractivity contribution in [2.24, 2.45) is 0 Å². The molecule has 0 aliphatic carbocycles. The van der Waals surface area contributed by atoms with E-state index in [4.69, 9.17) is 23.8 Å². The van der Waals surface area contributed by atoms with Crippen LogP contribution < -0.4 is 5.32 Å². The molecule has 4 nitrogen and oxygen atoms in total. The number of thioether (sulfide) groups is 1. The van der Waals surface area contributed by atoms with E-state index in [-0.39, 0.29) is 18.2 Å². The molecule has 0 aromatic heterocycles. The number of nitrogens with one attached hydrogen (secondary N) is 1. The Morgan fingerprint density at radius 3 is 2.60 bits per heavy atom. The molecule has 1 saturated heterocycles. The molecule has 3 rings (SSSR count). The first kappa shape index (κ1) is 22.3. The molecular formula is C23H21ClN2O2S2. The van der Waals surface area contributed by atoms with Crippen LogP contribution in [0.25, 0.3) is 6.08 Å². The largest absolute Gasteiger partial charge is 0.325 e. The van der Waals surface area contributed by atoms with Crippen molar-refractivity contribution in [3.05, 3.63) is 81.7 Å². The standard InChI is InChI=1S/C23H21ClN2O2S2/c1-16(14-17-8-3-2-4-9-17)15-20-22(28)26(23(29)30-20)13-7-12-21(27)25-19-11-6-5-10-18(19)24/h2-6,8-11,14-15H,7,12-13H2,1H3,(H,25,27). The van der Waals surface area contributed by atoms with Crippen LogP contribution >= 0.6 is 35.6 Å². The van der Waals surface area contributed by atoms with Gasteiger partial charge in [0.1, 0.15) is 4.32 Å². The summed E-state index contributed by atoms with van der Waals surface area (Å²) in [7, 11) is 0. The predicted molar refractivity (Wildman–Crippen MR) is 129 cm³/mol. The van der Waals surface area contributed by atoms with Crippen LogP contribution in [-0.4, -0.2) is 27.6 Å². The third-order valence-electron chi connectivity index (χ3n) is 4.36. The number of rotatable bonds is 7. The molecule has 0 atom stereocenters. The van der Waals surface area contributed by atoms with Gasteiger partial charge in [-0.15, -0.1) is 0 Å². The van der Waals surface area contributed by atoms with Gasteiger partial charge in [-0.25, -0.2) is 0 Å². The van der Waals surface area contributed by atoms with Crippen molar-refractivity contribution in [1.29, 1.82) is 0 Å². The third-order valence-corrected chi connectivity index (χ3v) is 6.07. The number of nitrogens with zero attached hydrogens (tertiary/aromatic N) is 1. The Morgan fingerprint density at radius 2 is 1.87 bits per heavy atom. The molecule has 154 valence electrons. The van der Waals surface area contributed by atoms with Gasteiger partial charge in [0, 0.05) is 13.0 Å². The van der Waals surface area contributed by atoms with Crippen molar-refractivity contribution in [3.8, 4) is 0 Å². The van der Waals surface area contributed by atoms with Crippen LogP contribution in [0.5, 0.6) is 0 Å². The lowest BCUT2D eigenvalue weighted by atomic mass is 10.1. The van der Waals surface area contributed by atoms with Gasteiger partial charge in [0.2, 0.25) is 5.91 Å². The van der Waals surface area contributed by atoms with Crippen molar-refractivity contribution < 1.29 is 9.59 Å². The second-order valence-corrected chi connectivity index (χ2v) is 8.85. The Hall–Kier alpha value is -2.41. The minimum atomic E-state index is -0.147. The highest BCUT2D eigenvalue weighted by molar-refractivity contribution is 8.26. The van der Waals surface area contributed by atoms with Gasteiger partial charge >= 0.3 is 0 Å². The lowest BCUT2D eigenvalue weighted by Gasteiger charge is -2.14. The van der Waals surface area contributed by atoms with Gasteiger partial charge in [-0.1, -0.05) is 84.1 Å². The highest BCUT2D eigenvalue weighted by Gasteiger charge is 2.31. The van der Waals surface area contributed by atoms with Gasteiger partial charge < -0.3 is 5.32 Å². The number of carbonyl (C=O) groups is 2. The molecule has 0 spiro atoms. The summed E-state index contributed by atoms with van der Waals surface area (Å²) in [5, 5.41) is 3.28. The Balaban J connectivity index is 1.54. The normalized spacial score (nSPS) is 15.7. The van der Waals surface area contributed by atoms with Gasteiger partial charge in [0.05, 0.1) is 15.6 Å². The summed E-state index contributed by atoms with van der Waals surface area (Å²) < 4.78 is 0.519. The Morgan fingerprint density at radius 1 is 1.17 bits per heavy atom. The molecule has 0 radical (unpaired) electrons. The van der Waals surface area contributed by atoms with E-state index in [9.17, 15) is 9.59 Å². The van der Waals surface area contributed by atoms with Gasteiger partial charge in [-0.05, 0) is 42.7 Å². The van der Waals surface area contributed by atoms with E-state index in [1.165, 1.54) is 11.8 Å². The summed E-state index contributed by atoms with van der Waals surface area (Å²) in [5.41, 5.74) is 2.63. The summed E-state index contributed by atoms with van der Waals surface area (Å²) >= 11 is 12.7.